The predicted octanol–water partition coefficient (Wildman–Crippen LogP) is 3.02. The largest absolute Gasteiger partial charge is 0.373 e. The van der Waals surface area contributed by atoms with E-state index in [1.54, 1.807) is 11.3 Å². The predicted molar refractivity (Wildman–Crippen MR) is 86.8 cm³/mol. The summed E-state index contributed by atoms with van der Waals surface area (Å²) in [6.07, 6.45) is 0.675. The monoisotopic (exact) mass is 321 g/mol. The Morgan fingerprint density at radius 1 is 1.45 bits per heavy atom. The first-order chi connectivity index (χ1) is 10.6. The van der Waals surface area contributed by atoms with Crippen LogP contribution in [0.3, 0.4) is 0 Å². The molecular formula is C17H23NO3S. The van der Waals surface area contributed by atoms with E-state index in [2.05, 4.69) is 18.0 Å². The Labute approximate surface area is 135 Å². The van der Waals surface area contributed by atoms with Gasteiger partial charge >= 0.3 is 0 Å². The molecule has 4 atom stereocenters. The number of carbonyl (C=O) groups excluding carboxylic acids is 1. The Morgan fingerprint density at radius 2 is 2.27 bits per heavy atom. The zero-order valence-electron chi connectivity index (χ0n) is 13.2. The number of thiophene rings is 1. The Balaban J connectivity index is 1.73. The molecule has 1 amide bonds. The summed E-state index contributed by atoms with van der Waals surface area (Å²) in [6.45, 7) is 9.85. The summed E-state index contributed by atoms with van der Waals surface area (Å²) >= 11 is 1.66. The molecule has 3 rings (SSSR count). The SMILES string of the molecule is C=C(C)[C@H]1OCC[C@H]1C(=O)N1C[C@@H](C)O[C@@H](c2ccsc2)C1. The van der Waals surface area contributed by atoms with Gasteiger partial charge in [0.25, 0.3) is 0 Å². The lowest BCUT2D eigenvalue weighted by atomic mass is 9.94. The van der Waals surface area contributed by atoms with Crippen LogP contribution in [0, 0.1) is 5.92 Å². The molecule has 5 heteroatoms. The minimum atomic E-state index is -0.134. The number of amides is 1. The molecule has 0 unspecified atom stereocenters. The first-order valence-corrected chi connectivity index (χ1v) is 8.74. The van der Waals surface area contributed by atoms with Gasteiger partial charge in [-0.05, 0) is 42.7 Å². The van der Waals surface area contributed by atoms with Crippen molar-refractivity contribution in [2.75, 3.05) is 19.7 Å². The van der Waals surface area contributed by atoms with Crippen molar-refractivity contribution >= 4 is 17.2 Å². The first kappa shape index (κ1) is 15.7. The third kappa shape index (κ3) is 3.12. The molecule has 1 aromatic heterocycles. The highest BCUT2D eigenvalue weighted by Gasteiger charge is 2.39. The summed E-state index contributed by atoms with van der Waals surface area (Å²) in [7, 11) is 0. The fourth-order valence-electron chi connectivity index (χ4n) is 3.34. The minimum absolute atomic E-state index is 0.0236. The molecule has 0 saturated carbocycles. The Morgan fingerprint density at radius 3 is 2.95 bits per heavy atom. The molecule has 0 aromatic carbocycles. The van der Waals surface area contributed by atoms with Crippen molar-refractivity contribution in [3.05, 3.63) is 34.5 Å². The van der Waals surface area contributed by atoms with E-state index >= 15 is 0 Å². The molecule has 0 spiro atoms. The van der Waals surface area contributed by atoms with E-state index in [0.29, 0.717) is 19.7 Å². The number of ether oxygens (including phenoxy) is 2. The van der Waals surface area contributed by atoms with Crippen molar-refractivity contribution in [2.24, 2.45) is 5.92 Å². The second kappa shape index (κ2) is 6.52. The van der Waals surface area contributed by atoms with E-state index in [1.165, 1.54) is 0 Å². The van der Waals surface area contributed by atoms with Gasteiger partial charge in [0, 0.05) is 13.2 Å². The Hall–Kier alpha value is -1.17. The molecule has 3 heterocycles. The van der Waals surface area contributed by atoms with Crippen LogP contribution in [0.1, 0.15) is 31.9 Å². The van der Waals surface area contributed by atoms with E-state index in [1.807, 2.05) is 24.1 Å². The smallest absolute Gasteiger partial charge is 0.228 e. The van der Waals surface area contributed by atoms with Crippen LogP contribution in [0.25, 0.3) is 0 Å². The first-order valence-electron chi connectivity index (χ1n) is 7.79. The number of hydrogen-bond donors (Lipinski definition) is 0. The second-order valence-electron chi connectivity index (χ2n) is 6.27. The summed E-state index contributed by atoms with van der Waals surface area (Å²) in [5.41, 5.74) is 2.10. The molecule has 0 N–H and O–H groups in total. The molecule has 0 bridgehead atoms. The van der Waals surface area contributed by atoms with Crippen LogP contribution in [0.4, 0.5) is 0 Å². The van der Waals surface area contributed by atoms with E-state index in [9.17, 15) is 4.79 Å². The van der Waals surface area contributed by atoms with Crippen LogP contribution in [-0.4, -0.2) is 42.7 Å². The third-order valence-electron chi connectivity index (χ3n) is 4.38. The molecule has 0 radical (unpaired) electrons. The minimum Gasteiger partial charge on any atom is -0.373 e. The fourth-order valence-corrected chi connectivity index (χ4v) is 4.04. The Bertz CT molecular complexity index is 542. The lowest BCUT2D eigenvalue weighted by Gasteiger charge is -2.38. The van der Waals surface area contributed by atoms with Gasteiger partial charge < -0.3 is 14.4 Å². The van der Waals surface area contributed by atoms with Crippen molar-refractivity contribution in [1.29, 1.82) is 0 Å². The maximum absolute atomic E-state index is 12.9. The van der Waals surface area contributed by atoms with Gasteiger partial charge in [-0.15, -0.1) is 0 Å². The van der Waals surface area contributed by atoms with E-state index in [0.717, 1.165) is 17.6 Å². The molecule has 2 aliphatic heterocycles. The van der Waals surface area contributed by atoms with Crippen molar-refractivity contribution < 1.29 is 14.3 Å². The van der Waals surface area contributed by atoms with Crippen LogP contribution >= 0.6 is 11.3 Å². The van der Waals surface area contributed by atoms with Gasteiger partial charge in [0.1, 0.15) is 6.10 Å². The molecule has 0 aliphatic carbocycles. The van der Waals surface area contributed by atoms with Gasteiger partial charge in [-0.2, -0.15) is 11.3 Å². The quantitative estimate of drug-likeness (QED) is 0.803. The molecule has 120 valence electrons. The molecule has 2 saturated heterocycles. The summed E-state index contributed by atoms with van der Waals surface area (Å²) in [5, 5.41) is 4.15. The number of hydrogen-bond acceptors (Lipinski definition) is 4. The molecule has 2 aliphatic rings. The standard InChI is InChI=1S/C17H23NO3S/c1-11(2)16-14(4-6-20-16)17(19)18-8-12(3)21-15(9-18)13-5-7-22-10-13/h5,7,10,12,14-16H,1,4,6,8-9H2,2-3H3/t12-,14-,15-,16-/m1/s1. The zero-order chi connectivity index (χ0) is 15.7. The lowest BCUT2D eigenvalue weighted by Crippen LogP contribution is -2.49. The van der Waals surface area contributed by atoms with Crippen molar-refractivity contribution in [3.8, 4) is 0 Å². The second-order valence-corrected chi connectivity index (χ2v) is 7.05. The van der Waals surface area contributed by atoms with Gasteiger partial charge in [-0.3, -0.25) is 4.79 Å². The molecular weight excluding hydrogens is 298 g/mol. The summed E-state index contributed by atoms with van der Waals surface area (Å²) in [4.78, 5) is 14.9. The van der Waals surface area contributed by atoms with Crippen LogP contribution in [-0.2, 0) is 14.3 Å². The average Bonchev–Trinajstić information content (AvgIpc) is 3.17. The van der Waals surface area contributed by atoms with E-state index in [-0.39, 0.29) is 30.1 Å². The fraction of sp³-hybridized carbons (Fsp3) is 0.588. The van der Waals surface area contributed by atoms with Crippen LogP contribution in [0.15, 0.2) is 29.0 Å². The van der Waals surface area contributed by atoms with Crippen molar-refractivity contribution in [2.45, 2.75) is 38.6 Å². The van der Waals surface area contributed by atoms with Crippen molar-refractivity contribution in [1.82, 2.24) is 4.90 Å². The number of carbonyl (C=O) groups is 1. The van der Waals surface area contributed by atoms with Crippen LogP contribution < -0.4 is 0 Å². The third-order valence-corrected chi connectivity index (χ3v) is 5.08. The lowest BCUT2D eigenvalue weighted by molar-refractivity contribution is -0.150. The number of nitrogens with zero attached hydrogens (tertiary/aromatic N) is 1. The van der Waals surface area contributed by atoms with Gasteiger partial charge in [0.05, 0.1) is 24.7 Å². The van der Waals surface area contributed by atoms with Gasteiger partial charge in [0.15, 0.2) is 0 Å². The summed E-state index contributed by atoms with van der Waals surface area (Å²) in [6, 6.07) is 2.07. The van der Waals surface area contributed by atoms with Crippen molar-refractivity contribution in [3.63, 3.8) is 0 Å². The highest BCUT2D eigenvalue weighted by Crippen LogP contribution is 2.31. The van der Waals surface area contributed by atoms with Gasteiger partial charge in [-0.25, -0.2) is 0 Å². The highest BCUT2D eigenvalue weighted by atomic mass is 32.1. The van der Waals surface area contributed by atoms with Crippen LogP contribution in [0.5, 0.6) is 0 Å². The summed E-state index contributed by atoms with van der Waals surface area (Å²) < 4.78 is 11.7. The molecule has 22 heavy (non-hydrogen) atoms. The summed E-state index contributed by atoms with van der Waals surface area (Å²) in [5.74, 6) is 0.0896. The van der Waals surface area contributed by atoms with Gasteiger partial charge in [-0.1, -0.05) is 12.2 Å². The molecule has 4 nitrogen and oxygen atoms in total. The highest BCUT2D eigenvalue weighted by molar-refractivity contribution is 7.07. The maximum Gasteiger partial charge on any atom is 0.228 e. The van der Waals surface area contributed by atoms with E-state index < -0.39 is 0 Å². The number of rotatable bonds is 3. The average molecular weight is 321 g/mol. The topological polar surface area (TPSA) is 38.8 Å². The van der Waals surface area contributed by atoms with Gasteiger partial charge in [0.2, 0.25) is 5.91 Å². The molecule has 1 aromatic rings. The zero-order valence-corrected chi connectivity index (χ0v) is 14.0. The normalized spacial score (nSPS) is 32.2. The number of morpholine rings is 1. The van der Waals surface area contributed by atoms with E-state index in [4.69, 9.17) is 9.47 Å². The van der Waals surface area contributed by atoms with Crippen LogP contribution in [0.2, 0.25) is 0 Å². The molecule has 2 fully saturated rings. The Kier molecular flexibility index (Phi) is 4.66. The maximum atomic E-state index is 12.9.